The van der Waals surface area contributed by atoms with E-state index in [1.165, 1.54) is 18.4 Å². The van der Waals surface area contributed by atoms with Gasteiger partial charge in [0.25, 0.3) is 0 Å². The Morgan fingerprint density at radius 2 is 1.76 bits per heavy atom. The molecule has 4 rings (SSSR count). The summed E-state index contributed by atoms with van der Waals surface area (Å²) < 4.78 is 0. The fourth-order valence-electron chi connectivity index (χ4n) is 9.52. The maximum absolute atomic E-state index is 11.9. The van der Waals surface area contributed by atoms with Crippen molar-refractivity contribution >= 4 is 0 Å². The summed E-state index contributed by atoms with van der Waals surface area (Å²) in [6.45, 7) is 16.5. The minimum Gasteiger partial charge on any atom is -0.393 e. The van der Waals surface area contributed by atoms with E-state index in [0.29, 0.717) is 23.7 Å². The quantitative estimate of drug-likeness (QED) is 0.425. The number of aliphatic hydroxyl groups excluding tert-OH is 3. The van der Waals surface area contributed by atoms with Crippen molar-refractivity contribution in [2.45, 2.75) is 112 Å². The van der Waals surface area contributed by atoms with E-state index in [4.69, 9.17) is 0 Å². The molecule has 0 aromatic heterocycles. The number of hydrogen-bond acceptors (Lipinski definition) is 3. The van der Waals surface area contributed by atoms with Crippen LogP contribution in [0.15, 0.2) is 23.3 Å². The average Bonchev–Trinajstić information content (AvgIpc) is 3.02. The van der Waals surface area contributed by atoms with Crippen molar-refractivity contribution in [3.05, 3.63) is 23.3 Å². The van der Waals surface area contributed by atoms with E-state index in [2.05, 4.69) is 53.7 Å². The summed E-state index contributed by atoms with van der Waals surface area (Å²) >= 11 is 0. The Bertz CT molecular complexity index is 811. The lowest BCUT2D eigenvalue weighted by Gasteiger charge is -2.67. The van der Waals surface area contributed by atoms with Gasteiger partial charge >= 0.3 is 0 Å². The van der Waals surface area contributed by atoms with Crippen LogP contribution in [-0.4, -0.2) is 34.1 Å². The Hall–Kier alpha value is -0.640. The molecule has 9 atom stereocenters. The second-order valence-electron chi connectivity index (χ2n) is 13.6. The van der Waals surface area contributed by atoms with Crippen molar-refractivity contribution < 1.29 is 15.3 Å². The molecule has 0 amide bonds. The monoisotopic (exact) mass is 458 g/mol. The number of fused-ring (bicyclic) bond motifs is 5. The molecule has 0 aromatic carbocycles. The highest BCUT2D eigenvalue weighted by Crippen LogP contribution is 2.74. The molecule has 3 saturated carbocycles. The van der Waals surface area contributed by atoms with Crippen LogP contribution in [0.25, 0.3) is 0 Å². The van der Waals surface area contributed by atoms with Crippen LogP contribution in [0.1, 0.15) is 99.8 Å². The predicted octanol–water partition coefficient (Wildman–Crippen LogP) is 6.28. The zero-order chi connectivity index (χ0) is 24.4. The van der Waals surface area contributed by atoms with E-state index in [1.807, 2.05) is 6.92 Å². The largest absolute Gasteiger partial charge is 0.393 e. The van der Waals surface area contributed by atoms with Crippen molar-refractivity contribution in [1.82, 2.24) is 0 Å². The van der Waals surface area contributed by atoms with Crippen LogP contribution in [0, 0.1) is 45.3 Å². The highest BCUT2D eigenvalue weighted by Gasteiger charge is 2.70. The van der Waals surface area contributed by atoms with Crippen LogP contribution in [0.4, 0.5) is 0 Å². The van der Waals surface area contributed by atoms with Crippen LogP contribution < -0.4 is 0 Å². The summed E-state index contributed by atoms with van der Waals surface area (Å²) in [5.41, 5.74) is 2.58. The van der Waals surface area contributed by atoms with Gasteiger partial charge in [0, 0.05) is 10.8 Å². The van der Waals surface area contributed by atoms with Crippen LogP contribution in [0.2, 0.25) is 0 Å². The summed E-state index contributed by atoms with van der Waals surface area (Å²) in [4.78, 5) is 0. The normalized spacial score (nSPS) is 47.9. The summed E-state index contributed by atoms with van der Waals surface area (Å²) in [5.74, 6) is 2.13. The standard InChI is InChI=1S/C30H50O3/c1-19(18-31)9-8-10-20(2)21-15-16-28(5)24-13-11-22-23(12-14-25(32)27(22,3)4)30(24,7)26(33)17-29(21,28)6/h9,11,20-21,23-26,31-33H,8,10,12-18H2,1-7H3. The smallest absolute Gasteiger partial charge is 0.0639 e. The summed E-state index contributed by atoms with van der Waals surface area (Å²) in [6.07, 6.45) is 12.6. The van der Waals surface area contributed by atoms with E-state index >= 15 is 0 Å². The zero-order valence-corrected chi connectivity index (χ0v) is 22.3. The van der Waals surface area contributed by atoms with Gasteiger partial charge < -0.3 is 15.3 Å². The lowest BCUT2D eigenvalue weighted by molar-refractivity contribution is -0.204. The van der Waals surface area contributed by atoms with Crippen LogP contribution in [0.5, 0.6) is 0 Å². The van der Waals surface area contributed by atoms with Crippen molar-refractivity contribution in [3.8, 4) is 0 Å². The van der Waals surface area contributed by atoms with Gasteiger partial charge in [0.15, 0.2) is 0 Å². The van der Waals surface area contributed by atoms with Crippen molar-refractivity contribution in [1.29, 1.82) is 0 Å². The molecule has 0 aliphatic heterocycles. The van der Waals surface area contributed by atoms with Crippen LogP contribution in [-0.2, 0) is 0 Å². The lowest BCUT2D eigenvalue weighted by Crippen LogP contribution is -2.64. The van der Waals surface area contributed by atoms with E-state index in [9.17, 15) is 15.3 Å². The average molecular weight is 459 g/mol. The van der Waals surface area contributed by atoms with Gasteiger partial charge in [-0.1, -0.05) is 64.8 Å². The molecule has 4 aliphatic carbocycles. The van der Waals surface area contributed by atoms with Crippen LogP contribution >= 0.6 is 0 Å². The maximum Gasteiger partial charge on any atom is 0.0639 e. The molecular weight excluding hydrogens is 408 g/mol. The SMILES string of the molecule is CC(=CCCC(C)C1CCC2(C)C3CC=C4C(CCC(O)C4(C)C)C3(C)C(O)CC12C)CO. The Labute approximate surface area is 202 Å². The summed E-state index contributed by atoms with van der Waals surface area (Å²) in [5, 5.41) is 32.0. The van der Waals surface area contributed by atoms with Gasteiger partial charge in [0.1, 0.15) is 0 Å². The molecule has 3 heteroatoms. The van der Waals surface area contributed by atoms with E-state index in [-0.39, 0.29) is 40.5 Å². The van der Waals surface area contributed by atoms with E-state index in [0.717, 1.165) is 44.1 Å². The van der Waals surface area contributed by atoms with Gasteiger partial charge in [-0.25, -0.2) is 0 Å². The third kappa shape index (κ3) is 3.54. The molecule has 33 heavy (non-hydrogen) atoms. The van der Waals surface area contributed by atoms with Gasteiger partial charge in [-0.05, 0) is 92.8 Å². The first kappa shape index (κ1) is 25.5. The van der Waals surface area contributed by atoms with Gasteiger partial charge in [-0.3, -0.25) is 0 Å². The fourth-order valence-corrected chi connectivity index (χ4v) is 9.52. The molecule has 0 heterocycles. The number of allylic oxidation sites excluding steroid dienone is 2. The van der Waals surface area contributed by atoms with Crippen LogP contribution in [0.3, 0.4) is 0 Å². The molecule has 9 unspecified atom stereocenters. The highest BCUT2D eigenvalue weighted by atomic mass is 16.3. The molecule has 0 radical (unpaired) electrons. The summed E-state index contributed by atoms with van der Waals surface area (Å²) in [6, 6.07) is 0. The Kier molecular flexibility index (Phi) is 6.55. The lowest BCUT2D eigenvalue weighted by atomic mass is 9.38. The highest BCUT2D eigenvalue weighted by molar-refractivity contribution is 5.31. The Balaban J connectivity index is 1.64. The molecule has 188 valence electrons. The van der Waals surface area contributed by atoms with Crippen molar-refractivity contribution in [2.75, 3.05) is 6.61 Å². The summed E-state index contributed by atoms with van der Waals surface area (Å²) in [7, 11) is 0. The minimum absolute atomic E-state index is 0.102. The van der Waals surface area contributed by atoms with Crippen molar-refractivity contribution in [3.63, 3.8) is 0 Å². The molecular formula is C30H50O3. The molecule has 4 aliphatic rings. The molecule has 0 spiro atoms. The van der Waals surface area contributed by atoms with Gasteiger partial charge in [0.2, 0.25) is 0 Å². The number of rotatable bonds is 5. The van der Waals surface area contributed by atoms with E-state index in [1.54, 1.807) is 0 Å². The third-order valence-corrected chi connectivity index (χ3v) is 12.0. The van der Waals surface area contributed by atoms with Gasteiger partial charge in [-0.2, -0.15) is 0 Å². The first-order chi connectivity index (χ1) is 15.3. The zero-order valence-electron chi connectivity index (χ0n) is 22.3. The Morgan fingerprint density at radius 1 is 1.06 bits per heavy atom. The molecule has 0 aromatic rings. The van der Waals surface area contributed by atoms with Gasteiger partial charge in [0.05, 0.1) is 18.8 Å². The molecule has 0 bridgehead atoms. The maximum atomic E-state index is 11.9. The second kappa shape index (κ2) is 8.49. The molecule has 0 saturated heterocycles. The Morgan fingerprint density at radius 3 is 2.42 bits per heavy atom. The first-order valence-corrected chi connectivity index (χ1v) is 13.7. The predicted molar refractivity (Wildman–Crippen MR) is 136 cm³/mol. The van der Waals surface area contributed by atoms with E-state index < -0.39 is 0 Å². The number of aliphatic hydroxyl groups is 3. The fraction of sp³-hybridized carbons (Fsp3) is 0.867. The molecule has 3 N–H and O–H groups in total. The second-order valence-corrected chi connectivity index (χ2v) is 13.6. The minimum atomic E-state index is -0.287. The topological polar surface area (TPSA) is 60.7 Å². The van der Waals surface area contributed by atoms with Crippen molar-refractivity contribution in [2.24, 2.45) is 45.3 Å². The van der Waals surface area contributed by atoms with Gasteiger partial charge in [-0.15, -0.1) is 0 Å². The number of hydrogen-bond donors (Lipinski definition) is 3. The molecule has 3 nitrogen and oxygen atoms in total. The first-order valence-electron chi connectivity index (χ1n) is 13.7. The third-order valence-electron chi connectivity index (χ3n) is 12.0. The molecule has 3 fully saturated rings.